The molecule has 4 N–H and O–H groups in total. The van der Waals surface area contributed by atoms with Gasteiger partial charge in [0.25, 0.3) is 5.91 Å². The van der Waals surface area contributed by atoms with E-state index in [0.29, 0.717) is 16.6 Å². The van der Waals surface area contributed by atoms with Gasteiger partial charge in [0.1, 0.15) is 6.61 Å². The molecule has 0 saturated heterocycles. The fraction of sp³-hybridized carbons (Fsp3) is 0.192. The van der Waals surface area contributed by atoms with Gasteiger partial charge in [0.2, 0.25) is 5.88 Å². The van der Waals surface area contributed by atoms with Crippen LogP contribution in [0.25, 0.3) is 33.3 Å². The number of aliphatic hydroxyl groups is 2. The predicted octanol–water partition coefficient (Wildman–Crippen LogP) is 3.80. The smallest absolute Gasteiger partial charge is 0.275 e. The summed E-state index contributed by atoms with van der Waals surface area (Å²) in [6, 6.07) is 19.3. The lowest BCUT2D eigenvalue weighted by molar-refractivity contribution is 0.0708. The van der Waals surface area contributed by atoms with E-state index in [2.05, 4.69) is 34.2 Å². The first kappa shape index (κ1) is 26.1. The second kappa shape index (κ2) is 12.2. The van der Waals surface area contributed by atoms with E-state index in [9.17, 15) is 10.0 Å². The van der Waals surface area contributed by atoms with E-state index >= 15 is 0 Å². The summed E-state index contributed by atoms with van der Waals surface area (Å²) in [7, 11) is 0. The van der Waals surface area contributed by atoms with Crippen molar-refractivity contribution >= 4 is 29.2 Å². The second-order valence-electron chi connectivity index (χ2n) is 7.71. The molecule has 35 heavy (non-hydrogen) atoms. The van der Waals surface area contributed by atoms with Crippen LogP contribution in [0.2, 0.25) is 0 Å². The Hall–Kier alpha value is -3.56. The van der Waals surface area contributed by atoms with Crippen molar-refractivity contribution in [3.8, 4) is 28.3 Å². The van der Waals surface area contributed by atoms with E-state index in [-0.39, 0.29) is 43.7 Å². The number of amides is 1. The molecule has 8 nitrogen and oxygen atoms in total. The summed E-state index contributed by atoms with van der Waals surface area (Å²) < 4.78 is 5.37. The van der Waals surface area contributed by atoms with Crippen LogP contribution in [0.15, 0.2) is 66.9 Å². The zero-order chi connectivity index (χ0) is 23.9. The number of halogens is 1. The van der Waals surface area contributed by atoms with Crippen molar-refractivity contribution in [2.24, 2.45) is 0 Å². The van der Waals surface area contributed by atoms with E-state index in [1.54, 1.807) is 17.6 Å². The largest absolute Gasteiger partial charge is 0.475 e. The molecule has 0 aliphatic carbocycles. The number of aryl methyl sites for hydroxylation is 1. The van der Waals surface area contributed by atoms with Crippen molar-refractivity contribution in [1.29, 1.82) is 0 Å². The van der Waals surface area contributed by atoms with E-state index in [1.165, 1.54) is 11.8 Å². The molecule has 1 amide bonds. The molecular weight excluding hydrogens is 470 g/mol. The van der Waals surface area contributed by atoms with Gasteiger partial charge < -0.3 is 14.9 Å². The Balaban J connectivity index is 0.00000342. The van der Waals surface area contributed by atoms with Crippen LogP contribution in [0, 0.1) is 0 Å². The standard InChI is InChI=1S/C26H25N3O5.ClH/c30-11-1-2-17-3-5-18(6-4-17)19-7-9-20(10-8-19)23-14-21(26(32)29-33)22-16-27-25(34-13-12-31)15-24(22)28-23;/h3-10,14-16,30-31,33H,1-2,11-13H2,(H,29,32);1H. The number of hydrogen-bond donors (Lipinski definition) is 4. The van der Waals surface area contributed by atoms with Gasteiger partial charge in [-0.2, -0.15) is 0 Å². The number of aliphatic hydroxyl groups excluding tert-OH is 2. The number of carbonyl (C=O) groups is 1. The van der Waals surface area contributed by atoms with Gasteiger partial charge in [0.15, 0.2) is 0 Å². The Labute approximate surface area is 208 Å². The van der Waals surface area contributed by atoms with Crippen molar-refractivity contribution in [3.63, 3.8) is 0 Å². The molecule has 9 heteroatoms. The van der Waals surface area contributed by atoms with Crippen LogP contribution < -0.4 is 10.2 Å². The van der Waals surface area contributed by atoms with Gasteiger partial charge in [-0.1, -0.05) is 48.5 Å². The minimum absolute atomic E-state index is 0. The minimum atomic E-state index is -0.669. The Bertz CT molecular complexity index is 1280. The average molecular weight is 496 g/mol. The van der Waals surface area contributed by atoms with Gasteiger partial charge in [0, 0.05) is 29.8 Å². The molecule has 4 aromatic rings. The fourth-order valence-electron chi connectivity index (χ4n) is 3.71. The van der Waals surface area contributed by atoms with E-state index < -0.39 is 5.91 Å². The normalized spacial score (nSPS) is 10.6. The molecule has 0 spiro atoms. The molecular formula is C26H26ClN3O5. The minimum Gasteiger partial charge on any atom is -0.475 e. The monoisotopic (exact) mass is 495 g/mol. The highest BCUT2D eigenvalue weighted by Crippen LogP contribution is 2.28. The summed E-state index contributed by atoms with van der Waals surface area (Å²) in [6.45, 7) is 0.121. The topological polar surface area (TPSA) is 125 Å². The van der Waals surface area contributed by atoms with Crippen molar-refractivity contribution in [1.82, 2.24) is 15.4 Å². The van der Waals surface area contributed by atoms with Gasteiger partial charge in [-0.15, -0.1) is 12.4 Å². The first-order valence-electron chi connectivity index (χ1n) is 10.9. The van der Waals surface area contributed by atoms with Crippen molar-refractivity contribution in [3.05, 3.63) is 78.0 Å². The number of carbonyl (C=O) groups excluding carboxylic acids is 1. The predicted molar refractivity (Wildman–Crippen MR) is 135 cm³/mol. The summed E-state index contributed by atoms with van der Waals surface area (Å²) in [5.41, 5.74) is 7.02. The van der Waals surface area contributed by atoms with Crippen LogP contribution in [0.1, 0.15) is 22.3 Å². The summed E-state index contributed by atoms with van der Waals surface area (Å²) in [6.07, 6.45) is 3.04. The quantitative estimate of drug-likeness (QED) is 0.205. The summed E-state index contributed by atoms with van der Waals surface area (Å²) in [5, 5.41) is 27.6. The fourth-order valence-corrected chi connectivity index (χ4v) is 3.71. The van der Waals surface area contributed by atoms with Gasteiger partial charge >= 0.3 is 0 Å². The van der Waals surface area contributed by atoms with Crippen LogP contribution in [0.4, 0.5) is 0 Å². The summed E-state index contributed by atoms with van der Waals surface area (Å²) in [5.74, 6) is -0.392. The third-order valence-corrected chi connectivity index (χ3v) is 5.45. The molecule has 2 aromatic heterocycles. The van der Waals surface area contributed by atoms with Crippen molar-refractivity contribution in [2.45, 2.75) is 12.8 Å². The number of rotatable bonds is 9. The molecule has 0 bridgehead atoms. The van der Waals surface area contributed by atoms with E-state index in [0.717, 1.165) is 29.5 Å². The van der Waals surface area contributed by atoms with Gasteiger partial charge in [-0.3, -0.25) is 10.0 Å². The van der Waals surface area contributed by atoms with Crippen LogP contribution in [0.3, 0.4) is 0 Å². The van der Waals surface area contributed by atoms with Crippen LogP contribution in [-0.4, -0.2) is 51.1 Å². The number of ether oxygens (including phenoxy) is 1. The Kier molecular flexibility index (Phi) is 9.11. The van der Waals surface area contributed by atoms with E-state index in [1.807, 2.05) is 24.3 Å². The molecule has 182 valence electrons. The van der Waals surface area contributed by atoms with Crippen LogP contribution in [-0.2, 0) is 6.42 Å². The highest BCUT2D eigenvalue weighted by Gasteiger charge is 2.15. The number of benzene rings is 2. The third-order valence-electron chi connectivity index (χ3n) is 5.45. The molecule has 0 unspecified atom stereocenters. The maximum atomic E-state index is 12.3. The second-order valence-corrected chi connectivity index (χ2v) is 7.71. The van der Waals surface area contributed by atoms with Gasteiger partial charge in [-0.05, 0) is 35.6 Å². The van der Waals surface area contributed by atoms with Gasteiger partial charge in [0.05, 0.1) is 23.4 Å². The summed E-state index contributed by atoms with van der Waals surface area (Å²) in [4.78, 5) is 21.1. The van der Waals surface area contributed by atoms with Crippen molar-refractivity contribution in [2.75, 3.05) is 19.8 Å². The molecule has 2 heterocycles. The lowest BCUT2D eigenvalue weighted by Gasteiger charge is -2.11. The molecule has 4 rings (SSSR count). The van der Waals surface area contributed by atoms with Gasteiger partial charge in [-0.25, -0.2) is 15.4 Å². The van der Waals surface area contributed by atoms with Crippen LogP contribution in [0.5, 0.6) is 5.88 Å². The number of hydrogen-bond acceptors (Lipinski definition) is 7. The lowest BCUT2D eigenvalue weighted by Crippen LogP contribution is -2.19. The molecule has 0 radical (unpaired) electrons. The lowest BCUT2D eigenvalue weighted by atomic mass is 9.99. The first-order chi connectivity index (χ1) is 16.6. The number of pyridine rings is 2. The first-order valence-corrected chi connectivity index (χ1v) is 10.9. The molecule has 0 fully saturated rings. The molecule has 0 atom stereocenters. The average Bonchev–Trinajstić information content (AvgIpc) is 2.89. The molecule has 0 aliphatic rings. The SMILES string of the molecule is Cl.O=C(NO)c1cc(-c2ccc(-c3ccc(CCCO)cc3)cc2)nc2cc(OCCO)ncc12. The maximum Gasteiger partial charge on any atom is 0.275 e. The van der Waals surface area contributed by atoms with Crippen molar-refractivity contribution < 1.29 is 25.0 Å². The number of nitrogens with one attached hydrogen (secondary N) is 1. The Morgan fingerprint density at radius 2 is 1.57 bits per heavy atom. The van der Waals surface area contributed by atoms with E-state index in [4.69, 9.17) is 14.9 Å². The highest BCUT2D eigenvalue weighted by atomic mass is 35.5. The summed E-state index contributed by atoms with van der Waals surface area (Å²) >= 11 is 0. The third kappa shape index (κ3) is 6.12. The zero-order valence-electron chi connectivity index (χ0n) is 18.8. The number of nitrogens with zero attached hydrogens (tertiary/aromatic N) is 2. The molecule has 0 saturated carbocycles. The zero-order valence-corrected chi connectivity index (χ0v) is 19.7. The Morgan fingerprint density at radius 3 is 2.20 bits per heavy atom. The highest BCUT2D eigenvalue weighted by molar-refractivity contribution is 6.06. The number of aromatic nitrogens is 2. The number of fused-ring (bicyclic) bond motifs is 1. The van der Waals surface area contributed by atoms with Crippen LogP contribution >= 0.6 is 12.4 Å². The maximum absolute atomic E-state index is 12.3. The molecule has 2 aromatic carbocycles. The Morgan fingerprint density at radius 1 is 0.914 bits per heavy atom. The molecule has 0 aliphatic heterocycles. The number of hydroxylamine groups is 1.